The van der Waals surface area contributed by atoms with Crippen molar-refractivity contribution in [3.63, 3.8) is 0 Å². The summed E-state index contributed by atoms with van der Waals surface area (Å²) in [5.74, 6) is 0.430. The zero-order valence-corrected chi connectivity index (χ0v) is 13.2. The number of carbonyl (C=O) groups excluding carboxylic acids is 1. The minimum absolute atomic E-state index is 0.102. The highest BCUT2D eigenvalue weighted by molar-refractivity contribution is 5.94. The number of aliphatic hydroxyl groups is 1. The number of amides is 1. The Labute approximate surface area is 127 Å². The number of hydrogen-bond donors (Lipinski definition) is 1. The molecule has 4 nitrogen and oxygen atoms in total. The van der Waals surface area contributed by atoms with Crippen LogP contribution in [-0.4, -0.2) is 48.7 Å². The Morgan fingerprint density at radius 2 is 1.90 bits per heavy atom. The smallest absolute Gasteiger partial charge is 0.253 e. The van der Waals surface area contributed by atoms with Gasteiger partial charge in [0.15, 0.2) is 0 Å². The molecule has 1 fully saturated rings. The molecule has 2 rings (SSSR count). The third-order valence-electron chi connectivity index (χ3n) is 4.54. The fraction of sp³-hybridized carbons (Fsp3) is 0.588. The SMILES string of the molecule is CCN(C)c1ccc(C(=O)N2CCC(C(C)O)CC2)cc1. The van der Waals surface area contributed by atoms with Crippen molar-refractivity contribution in [1.29, 1.82) is 0 Å². The Hall–Kier alpha value is -1.55. The van der Waals surface area contributed by atoms with Crippen molar-refractivity contribution < 1.29 is 9.90 Å². The van der Waals surface area contributed by atoms with E-state index in [9.17, 15) is 9.90 Å². The van der Waals surface area contributed by atoms with Gasteiger partial charge in [-0.05, 0) is 56.9 Å². The highest BCUT2D eigenvalue weighted by atomic mass is 16.3. The molecule has 1 amide bonds. The van der Waals surface area contributed by atoms with Crippen LogP contribution in [0, 0.1) is 5.92 Å². The number of piperidine rings is 1. The van der Waals surface area contributed by atoms with Crippen LogP contribution in [-0.2, 0) is 0 Å². The van der Waals surface area contributed by atoms with E-state index >= 15 is 0 Å². The van der Waals surface area contributed by atoms with Crippen molar-refractivity contribution in [1.82, 2.24) is 4.90 Å². The number of hydrogen-bond acceptors (Lipinski definition) is 3. The van der Waals surface area contributed by atoms with Gasteiger partial charge >= 0.3 is 0 Å². The van der Waals surface area contributed by atoms with Crippen LogP contribution in [0.4, 0.5) is 5.69 Å². The van der Waals surface area contributed by atoms with Gasteiger partial charge in [0, 0.05) is 37.9 Å². The molecular formula is C17H26N2O2. The fourth-order valence-electron chi connectivity index (χ4n) is 2.81. The molecule has 1 saturated heterocycles. The van der Waals surface area contributed by atoms with Crippen molar-refractivity contribution in [3.8, 4) is 0 Å². The van der Waals surface area contributed by atoms with Crippen LogP contribution in [0.2, 0.25) is 0 Å². The molecule has 1 unspecified atom stereocenters. The summed E-state index contributed by atoms with van der Waals surface area (Å²) in [4.78, 5) is 16.5. The van der Waals surface area contributed by atoms with E-state index in [-0.39, 0.29) is 12.0 Å². The van der Waals surface area contributed by atoms with Gasteiger partial charge in [-0.2, -0.15) is 0 Å². The lowest BCUT2D eigenvalue weighted by molar-refractivity contribution is 0.0521. The van der Waals surface area contributed by atoms with Crippen LogP contribution < -0.4 is 4.90 Å². The molecule has 1 aromatic carbocycles. The molecule has 0 aliphatic carbocycles. The van der Waals surface area contributed by atoms with Gasteiger partial charge in [0.1, 0.15) is 0 Å². The Balaban J connectivity index is 1.98. The molecule has 4 heteroatoms. The van der Waals surface area contributed by atoms with E-state index in [1.54, 1.807) is 0 Å². The largest absolute Gasteiger partial charge is 0.393 e. The van der Waals surface area contributed by atoms with E-state index in [0.717, 1.165) is 43.7 Å². The molecule has 1 aromatic rings. The summed E-state index contributed by atoms with van der Waals surface area (Å²) in [6.07, 6.45) is 1.51. The maximum absolute atomic E-state index is 12.5. The van der Waals surface area contributed by atoms with Crippen LogP contribution in [0.25, 0.3) is 0 Å². The van der Waals surface area contributed by atoms with Crippen molar-refractivity contribution in [2.75, 3.05) is 31.6 Å². The molecule has 0 bridgehead atoms. The quantitative estimate of drug-likeness (QED) is 0.926. The molecule has 1 atom stereocenters. The number of carbonyl (C=O) groups is 1. The summed E-state index contributed by atoms with van der Waals surface area (Å²) in [6, 6.07) is 7.81. The van der Waals surface area contributed by atoms with Gasteiger partial charge in [-0.25, -0.2) is 0 Å². The predicted molar refractivity (Wildman–Crippen MR) is 85.7 cm³/mol. The van der Waals surface area contributed by atoms with Crippen LogP contribution in [0.15, 0.2) is 24.3 Å². The summed E-state index contributed by atoms with van der Waals surface area (Å²) in [7, 11) is 2.04. The summed E-state index contributed by atoms with van der Waals surface area (Å²) in [5.41, 5.74) is 1.88. The Morgan fingerprint density at radius 3 is 2.38 bits per heavy atom. The monoisotopic (exact) mass is 290 g/mol. The topological polar surface area (TPSA) is 43.8 Å². The Morgan fingerprint density at radius 1 is 1.33 bits per heavy atom. The average Bonchev–Trinajstić information content (AvgIpc) is 2.53. The molecule has 1 N–H and O–H groups in total. The number of rotatable bonds is 4. The molecule has 0 spiro atoms. The maximum Gasteiger partial charge on any atom is 0.253 e. The van der Waals surface area contributed by atoms with Gasteiger partial charge in [0.25, 0.3) is 5.91 Å². The second kappa shape index (κ2) is 6.94. The summed E-state index contributed by atoms with van der Waals surface area (Å²) >= 11 is 0. The molecule has 116 valence electrons. The first-order valence-electron chi connectivity index (χ1n) is 7.81. The molecule has 1 aliphatic heterocycles. The summed E-state index contributed by atoms with van der Waals surface area (Å²) in [6.45, 7) is 6.37. The van der Waals surface area contributed by atoms with E-state index in [4.69, 9.17) is 0 Å². The molecule has 1 heterocycles. The molecule has 21 heavy (non-hydrogen) atoms. The first-order chi connectivity index (χ1) is 10.0. The number of likely N-dealkylation sites (tertiary alicyclic amines) is 1. The van der Waals surface area contributed by atoms with Crippen molar-refractivity contribution in [2.24, 2.45) is 5.92 Å². The first kappa shape index (κ1) is 15.8. The van der Waals surface area contributed by atoms with E-state index in [1.807, 2.05) is 43.1 Å². The molecule has 0 aromatic heterocycles. The summed E-state index contributed by atoms with van der Waals surface area (Å²) < 4.78 is 0. The van der Waals surface area contributed by atoms with Crippen molar-refractivity contribution in [2.45, 2.75) is 32.8 Å². The highest BCUT2D eigenvalue weighted by Crippen LogP contribution is 2.22. The normalized spacial score (nSPS) is 17.6. The number of benzene rings is 1. The van der Waals surface area contributed by atoms with Crippen LogP contribution in [0.3, 0.4) is 0 Å². The minimum Gasteiger partial charge on any atom is -0.393 e. The highest BCUT2D eigenvalue weighted by Gasteiger charge is 2.25. The van der Waals surface area contributed by atoms with Crippen molar-refractivity contribution >= 4 is 11.6 Å². The Bertz CT molecular complexity index is 462. The van der Waals surface area contributed by atoms with Gasteiger partial charge in [-0.3, -0.25) is 4.79 Å². The fourth-order valence-corrected chi connectivity index (χ4v) is 2.81. The van der Waals surface area contributed by atoms with E-state index in [2.05, 4.69) is 11.8 Å². The van der Waals surface area contributed by atoms with E-state index < -0.39 is 0 Å². The van der Waals surface area contributed by atoms with Crippen LogP contribution in [0.1, 0.15) is 37.0 Å². The predicted octanol–water partition coefficient (Wildman–Crippen LogP) is 2.38. The lowest BCUT2D eigenvalue weighted by Crippen LogP contribution is -2.40. The van der Waals surface area contributed by atoms with E-state index in [0.29, 0.717) is 5.92 Å². The lowest BCUT2D eigenvalue weighted by atomic mass is 9.92. The van der Waals surface area contributed by atoms with Crippen LogP contribution in [0.5, 0.6) is 0 Å². The van der Waals surface area contributed by atoms with Crippen molar-refractivity contribution in [3.05, 3.63) is 29.8 Å². The van der Waals surface area contributed by atoms with Gasteiger partial charge < -0.3 is 14.9 Å². The average molecular weight is 290 g/mol. The maximum atomic E-state index is 12.5. The first-order valence-corrected chi connectivity index (χ1v) is 7.81. The van der Waals surface area contributed by atoms with Crippen LogP contribution >= 0.6 is 0 Å². The molecule has 0 saturated carbocycles. The Kier molecular flexibility index (Phi) is 5.23. The lowest BCUT2D eigenvalue weighted by Gasteiger charge is -2.33. The number of nitrogens with zero attached hydrogens (tertiary/aromatic N) is 2. The third-order valence-corrected chi connectivity index (χ3v) is 4.54. The zero-order chi connectivity index (χ0) is 15.4. The van der Waals surface area contributed by atoms with Gasteiger partial charge in [-0.1, -0.05) is 0 Å². The summed E-state index contributed by atoms with van der Waals surface area (Å²) in [5, 5.41) is 9.62. The minimum atomic E-state index is -0.272. The number of aliphatic hydroxyl groups excluding tert-OH is 1. The second-order valence-corrected chi connectivity index (χ2v) is 5.93. The van der Waals surface area contributed by atoms with E-state index in [1.165, 1.54) is 0 Å². The molecule has 1 aliphatic rings. The standard InChI is InChI=1S/C17H26N2O2/c1-4-18(3)16-7-5-15(6-8-16)17(21)19-11-9-14(10-12-19)13(2)20/h5-8,13-14,20H,4,9-12H2,1-3H3. The number of anilines is 1. The molecular weight excluding hydrogens is 264 g/mol. The van der Waals surface area contributed by atoms with Gasteiger partial charge in [-0.15, -0.1) is 0 Å². The third kappa shape index (κ3) is 3.76. The zero-order valence-electron chi connectivity index (χ0n) is 13.2. The molecule has 0 radical (unpaired) electrons. The second-order valence-electron chi connectivity index (χ2n) is 5.93. The van der Waals surface area contributed by atoms with Gasteiger partial charge in [0.05, 0.1) is 6.10 Å². The van der Waals surface area contributed by atoms with Gasteiger partial charge in [0.2, 0.25) is 0 Å².